The Kier molecular flexibility index (Phi) is 4.61. The number of pyridine rings is 1. The van der Waals surface area contributed by atoms with E-state index in [1.54, 1.807) is 12.1 Å². The van der Waals surface area contributed by atoms with E-state index in [-0.39, 0.29) is 27.9 Å². The molecule has 5 nitrogen and oxygen atoms in total. The number of oxazole rings is 1. The number of Topliss-reactive ketones (excluding diaryl/α,β-unsaturated/α-hetero) is 1. The fraction of sp³-hybridized carbons (Fsp3) is 0.214. The van der Waals surface area contributed by atoms with Gasteiger partial charge < -0.3 is 10.2 Å². The van der Waals surface area contributed by atoms with Crippen LogP contribution in [-0.2, 0) is 12.7 Å². The van der Waals surface area contributed by atoms with E-state index in [9.17, 15) is 18.0 Å². The summed E-state index contributed by atoms with van der Waals surface area (Å²) in [6, 6.07) is 4.30. The van der Waals surface area contributed by atoms with Gasteiger partial charge in [-0.15, -0.1) is 11.3 Å². The second kappa shape index (κ2) is 6.54. The van der Waals surface area contributed by atoms with Gasteiger partial charge in [-0.25, -0.2) is 9.97 Å². The van der Waals surface area contributed by atoms with Crippen molar-refractivity contribution in [3.63, 3.8) is 0 Å². The molecule has 3 rings (SSSR count). The summed E-state index contributed by atoms with van der Waals surface area (Å²) in [6.45, 7) is 0.366. The zero-order valence-electron chi connectivity index (χ0n) is 12.0. The molecule has 0 saturated heterocycles. The van der Waals surface area contributed by atoms with Gasteiger partial charge in [0.15, 0.2) is 11.4 Å². The molecule has 0 aliphatic rings. The maximum atomic E-state index is 12.6. The molecule has 0 aliphatic carbocycles. The Morgan fingerprint density at radius 2 is 2.17 bits per heavy atom. The largest absolute Gasteiger partial charge is 0.433 e. The number of nitrogens with two attached hydrogens (primary N) is 1. The number of carbonyl (C=O) groups excluding carboxylic acids is 1. The molecule has 24 heavy (non-hydrogen) atoms. The van der Waals surface area contributed by atoms with Gasteiger partial charge in [-0.1, -0.05) is 11.8 Å². The third-order valence-corrected chi connectivity index (χ3v) is 4.99. The molecule has 3 aromatic rings. The van der Waals surface area contributed by atoms with Crippen LogP contribution in [0.25, 0.3) is 11.1 Å². The Morgan fingerprint density at radius 3 is 2.83 bits per heavy atom. The van der Waals surface area contributed by atoms with Gasteiger partial charge in [0.1, 0.15) is 11.2 Å². The summed E-state index contributed by atoms with van der Waals surface area (Å²) in [5.41, 5.74) is 4.65. The molecule has 0 aliphatic heterocycles. The van der Waals surface area contributed by atoms with Gasteiger partial charge in [0.2, 0.25) is 0 Å². The predicted molar refractivity (Wildman–Crippen MR) is 84.1 cm³/mol. The maximum Gasteiger partial charge on any atom is 0.433 e. The minimum Gasteiger partial charge on any atom is -0.430 e. The van der Waals surface area contributed by atoms with Crippen molar-refractivity contribution >= 4 is 40.0 Å². The minimum absolute atomic E-state index is 0.0498. The zero-order valence-corrected chi connectivity index (χ0v) is 13.6. The summed E-state index contributed by atoms with van der Waals surface area (Å²) in [5.74, 6) is -0.0576. The number of fused-ring (bicyclic) bond motifs is 1. The number of aromatic nitrogens is 2. The highest BCUT2D eigenvalue weighted by molar-refractivity contribution is 7.99. The molecule has 0 saturated carbocycles. The fourth-order valence-corrected chi connectivity index (χ4v) is 3.50. The van der Waals surface area contributed by atoms with Gasteiger partial charge >= 0.3 is 6.18 Å². The first-order valence-electron chi connectivity index (χ1n) is 6.65. The van der Waals surface area contributed by atoms with Gasteiger partial charge in [0.05, 0.1) is 16.8 Å². The molecule has 2 N–H and O–H groups in total. The summed E-state index contributed by atoms with van der Waals surface area (Å²) >= 11 is 2.33. The van der Waals surface area contributed by atoms with Crippen LogP contribution in [0.5, 0.6) is 0 Å². The SMILES string of the molecule is NCc1ccc(C(=O)CSc2nc3cc(C(F)(F)F)ncc3o2)s1. The van der Waals surface area contributed by atoms with E-state index in [0.717, 1.165) is 28.9 Å². The van der Waals surface area contributed by atoms with Crippen LogP contribution in [0.15, 0.2) is 34.0 Å². The number of thiophene rings is 1. The third kappa shape index (κ3) is 3.60. The molecule has 3 aromatic heterocycles. The molecule has 0 bridgehead atoms. The van der Waals surface area contributed by atoms with Gasteiger partial charge in [0, 0.05) is 11.4 Å². The molecular weight excluding hydrogens is 363 g/mol. The van der Waals surface area contributed by atoms with E-state index in [2.05, 4.69) is 9.97 Å². The molecule has 3 heterocycles. The second-order valence-corrected chi connectivity index (χ2v) is 6.79. The van der Waals surface area contributed by atoms with Crippen LogP contribution in [0.1, 0.15) is 20.2 Å². The maximum absolute atomic E-state index is 12.6. The number of nitrogens with zero attached hydrogens (tertiary/aromatic N) is 2. The number of carbonyl (C=O) groups is 1. The van der Waals surface area contributed by atoms with Crippen LogP contribution in [0, 0.1) is 0 Å². The minimum atomic E-state index is -4.55. The van der Waals surface area contributed by atoms with Crippen molar-refractivity contribution in [3.8, 4) is 0 Å². The Hall–Kier alpha value is -1.91. The van der Waals surface area contributed by atoms with E-state index < -0.39 is 11.9 Å². The number of halogens is 3. The number of alkyl halides is 3. The monoisotopic (exact) mass is 373 g/mol. The molecule has 0 radical (unpaired) electrons. The van der Waals surface area contributed by atoms with Crippen molar-refractivity contribution in [1.29, 1.82) is 0 Å². The highest BCUT2D eigenvalue weighted by atomic mass is 32.2. The Bertz CT molecular complexity index is 889. The summed E-state index contributed by atoms with van der Waals surface area (Å²) in [4.78, 5) is 20.8. The number of thioether (sulfide) groups is 1. The van der Waals surface area contributed by atoms with Crippen LogP contribution in [0.2, 0.25) is 0 Å². The Balaban J connectivity index is 1.72. The molecule has 0 aromatic carbocycles. The van der Waals surface area contributed by atoms with E-state index >= 15 is 0 Å². The molecule has 0 spiro atoms. The molecular formula is C14H10F3N3O2S2. The third-order valence-electron chi connectivity index (χ3n) is 3.01. The lowest BCUT2D eigenvalue weighted by molar-refractivity contribution is -0.141. The Morgan fingerprint density at radius 1 is 1.38 bits per heavy atom. The van der Waals surface area contributed by atoms with E-state index in [1.165, 1.54) is 11.3 Å². The number of hydrogen-bond donors (Lipinski definition) is 1. The van der Waals surface area contributed by atoms with Crippen molar-refractivity contribution in [1.82, 2.24) is 9.97 Å². The number of hydrogen-bond acceptors (Lipinski definition) is 7. The van der Waals surface area contributed by atoms with Gasteiger partial charge in [-0.2, -0.15) is 13.2 Å². The van der Waals surface area contributed by atoms with Crippen molar-refractivity contribution in [3.05, 3.63) is 39.8 Å². The van der Waals surface area contributed by atoms with Gasteiger partial charge in [-0.3, -0.25) is 4.79 Å². The van der Waals surface area contributed by atoms with Gasteiger partial charge in [0.25, 0.3) is 5.22 Å². The standard InChI is InChI=1S/C14H10F3N3O2S2/c15-14(16,17)12-3-8-10(5-19-12)22-13(20-8)23-6-9(21)11-2-1-7(4-18)24-11/h1-3,5H,4,6,18H2. The smallest absolute Gasteiger partial charge is 0.430 e. The first kappa shape index (κ1) is 16.9. The van der Waals surface area contributed by atoms with Crippen LogP contribution < -0.4 is 5.73 Å². The number of ketones is 1. The first-order valence-corrected chi connectivity index (χ1v) is 8.45. The highest BCUT2D eigenvalue weighted by Gasteiger charge is 2.33. The normalized spacial score (nSPS) is 12.0. The van der Waals surface area contributed by atoms with Crippen molar-refractivity contribution in [2.24, 2.45) is 5.73 Å². The summed E-state index contributed by atoms with van der Waals surface area (Å²) < 4.78 is 43.2. The summed E-state index contributed by atoms with van der Waals surface area (Å²) in [5, 5.41) is 0.120. The van der Waals surface area contributed by atoms with E-state index in [4.69, 9.17) is 10.2 Å². The average molecular weight is 373 g/mol. The van der Waals surface area contributed by atoms with Crippen molar-refractivity contribution in [2.75, 3.05) is 5.75 Å². The molecule has 0 amide bonds. The van der Waals surface area contributed by atoms with Crippen LogP contribution in [0.3, 0.4) is 0 Å². The molecule has 0 atom stereocenters. The molecule has 0 fully saturated rings. The van der Waals surface area contributed by atoms with Crippen molar-refractivity contribution in [2.45, 2.75) is 17.9 Å². The summed E-state index contributed by atoms with van der Waals surface area (Å²) in [7, 11) is 0. The lowest BCUT2D eigenvalue weighted by atomic mass is 10.3. The zero-order chi connectivity index (χ0) is 17.3. The lowest BCUT2D eigenvalue weighted by Gasteiger charge is -2.03. The number of rotatable bonds is 5. The molecule has 10 heteroatoms. The Labute approximate surface area is 142 Å². The first-order chi connectivity index (χ1) is 11.4. The highest BCUT2D eigenvalue weighted by Crippen LogP contribution is 2.31. The van der Waals surface area contributed by atoms with E-state index in [1.807, 2.05) is 0 Å². The van der Waals surface area contributed by atoms with Crippen LogP contribution >= 0.6 is 23.1 Å². The van der Waals surface area contributed by atoms with Crippen molar-refractivity contribution < 1.29 is 22.4 Å². The average Bonchev–Trinajstić information content (AvgIpc) is 3.17. The topological polar surface area (TPSA) is 82.0 Å². The lowest BCUT2D eigenvalue weighted by Crippen LogP contribution is -2.07. The van der Waals surface area contributed by atoms with Crippen LogP contribution in [0.4, 0.5) is 13.2 Å². The summed E-state index contributed by atoms with van der Waals surface area (Å²) in [6.07, 6.45) is -3.57. The van der Waals surface area contributed by atoms with E-state index in [0.29, 0.717) is 11.4 Å². The molecule has 0 unspecified atom stereocenters. The quantitative estimate of drug-likeness (QED) is 0.542. The molecule has 126 valence electrons. The van der Waals surface area contributed by atoms with Gasteiger partial charge in [-0.05, 0) is 18.2 Å². The van der Waals surface area contributed by atoms with Crippen LogP contribution in [-0.4, -0.2) is 21.5 Å². The second-order valence-electron chi connectivity index (χ2n) is 4.70. The predicted octanol–water partition coefficient (Wildman–Crippen LogP) is 3.74. The fourth-order valence-electron chi connectivity index (χ4n) is 1.87.